The van der Waals surface area contributed by atoms with Gasteiger partial charge in [0.05, 0.1) is 34.1 Å². The molecule has 7 nitrogen and oxygen atoms in total. The molecular weight excluding hydrogens is 434 g/mol. The highest BCUT2D eigenvalue weighted by molar-refractivity contribution is 6.07. The van der Waals surface area contributed by atoms with E-state index in [0.717, 1.165) is 33.6 Å². The molecule has 1 atom stereocenters. The Kier molecular flexibility index (Phi) is 6.72. The normalized spacial score (nSPS) is 17.1. The van der Waals surface area contributed by atoms with Crippen LogP contribution in [0.4, 0.5) is 0 Å². The number of ether oxygens (including phenoxy) is 3. The lowest BCUT2D eigenvalue weighted by molar-refractivity contribution is -0.121. The Labute approximate surface area is 198 Å². The van der Waals surface area contributed by atoms with Crippen molar-refractivity contribution < 1.29 is 28.2 Å². The molecule has 0 aliphatic heterocycles. The quantitative estimate of drug-likeness (QED) is 0.626. The molecule has 1 amide bonds. The van der Waals surface area contributed by atoms with E-state index in [1.807, 2.05) is 37.3 Å². The van der Waals surface area contributed by atoms with Crippen LogP contribution in [-0.2, 0) is 25.6 Å². The number of fused-ring (bicyclic) bond motifs is 1. The summed E-state index contributed by atoms with van der Waals surface area (Å²) in [7, 11) is 4.54. The second kappa shape index (κ2) is 9.87. The van der Waals surface area contributed by atoms with Crippen molar-refractivity contribution in [1.29, 1.82) is 0 Å². The summed E-state index contributed by atoms with van der Waals surface area (Å²) in [6, 6.07) is 9.50. The van der Waals surface area contributed by atoms with Crippen LogP contribution in [0, 0.1) is 0 Å². The third kappa shape index (κ3) is 4.55. The number of amides is 1. The molecule has 1 unspecified atom stereocenters. The molecule has 4 rings (SSSR count). The molecule has 2 aromatic rings. The molecule has 0 bridgehead atoms. The highest BCUT2D eigenvalue weighted by Gasteiger charge is 2.31. The van der Waals surface area contributed by atoms with Crippen LogP contribution in [-0.4, -0.2) is 33.0 Å². The maximum absolute atomic E-state index is 12.8. The Morgan fingerprint density at radius 2 is 1.82 bits per heavy atom. The maximum atomic E-state index is 12.8. The second-order valence-electron chi connectivity index (χ2n) is 8.06. The van der Waals surface area contributed by atoms with Gasteiger partial charge in [0.2, 0.25) is 5.91 Å². The number of carbonyl (C=O) groups is 2. The largest absolute Gasteiger partial charge is 0.497 e. The van der Waals surface area contributed by atoms with Gasteiger partial charge in [-0.3, -0.25) is 9.59 Å². The van der Waals surface area contributed by atoms with E-state index in [9.17, 15) is 9.59 Å². The van der Waals surface area contributed by atoms with Gasteiger partial charge in [-0.05, 0) is 71.7 Å². The first kappa shape index (κ1) is 23.2. The monoisotopic (exact) mass is 461 g/mol. The van der Waals surface area contributed by atoms with Gasteiger partial charge in [0.1, 0.15) is 11.5 Å². The third-order valence-corrected chi connectivity index (χ3v) is 6.10. The van der Waals surface area contributed by atoms with E-state index in [-0.39, 0.29) is 35.5 Å². The van der Waals surface area contributed by atoms with Gasteiger partial charge in [0, 0.05) is 12.3 Å². The average molecular weight is 462 g/mol. The van der Waals surface area contributed by atoms with Crippen LogP contribution in [0.5, 0.6) is 5.75 Å². The Morgan fingerprint density at radius 1 is 1.09 bits per heavy atom. The Bertz CT molecular complexity index is 1200. The number of furan rings is 1. The minimum Gasteiger partial charge on any atom is -0.497 e. The minimum absolute atomic E-state index is 0.0742. The Balaban J connectivity index is 1.68. The van der Waals surface area contributed by atoms with E-state index in [0.29, 0.717) is 12.3 Å². The number of carbonyl (C=O) groups excluding carboxylic acids is 2. The summed E-state index contributed by atoms with van der Waals surface area (Å²) in [5.41, 5.74) is 4.86. The molecule has 0 saturated heterocycles. The Morgan fingerprint density at radius 3 is 2.44 bits per heavy atom. The van der Waals surface area contributed by atoms with Crippen LogP contribution >= 0.6 is 0 Å². The van der Waals surface area contributed by atoms with Gasteiger partial charge in [-0.2, -0.15) is 0 Å². The number of rotatable bonds is 8. The summed E-state index contributed by atoms with van der Waals surface area (Å²) in [5.74, 6) is 1.37. The molecule has 2 aliphatic rings. The maximum Gasteiger partial charge on any atom is 0.261 e. The fourth-order valence-corrected chi connectivity index (χ4v) is 4.30. The summed E-state index contributed by atoms with van der Waals surface area (Å²) >= 11 is 0. The van der Waals surface area contributed by atoms with Gasteiger partial charge < -0.3 is 23.9 Å². The van der Waals surface area contributed by atoms with Gasteiger partial charge >= 0.3 is 0 Å². The van der Waals surface area contributed by atoms with E-state index in [1.165, 1.54) is 14.2 Å². The molecule has 0 saturated carbocycles. The molecule has 0 fully saturated rings. The van der Waals surface area contributed by atoms with Crippen LogP contribution in [0.1, 0.15) is 36.1 Å². The number of hydrogen-bond donors (Lipinski definition) is 1. The van der Waals surface area contributed by atoms with E-state index in [1.54, 1.807) is 31.6 Å². The number of nitrogens with one attached hydrogen (secondary N) is 1. The lowest BCUT2D eigenvalue weighted by atomic mass is 9.92. The van der Waals surface area contributed by atoms with Gasteiger partial charge in [-0.25, -0.2) is 0 Å². The van der Waals surface area contributed by atoms with Crippen molar-refractivity contribution in [2.24, 2.45) is 0 Å². The number of ketones is 1. The van der Waals surface area contributed by atoms with Crippen LogP contribution in [0.2, 0.25) is 0 Å². The van der Waals surface area contributed by atoms with E-state index < -0.39 is 0 Å². The van der Waals surface area contributed by atoms with Gasteiger partial charge in [-0.15, -0.1) is 0 Å². The number of benzene rings is 1. The van der Waals surface area contributed by atoms with Gasteiger partial charge in [0.15, 0.2) is 11.5 Å². The van der Waals surface area contributed by atoms with E-state index >= 15 is 0 Å². The zero-order valence-corrected chi connectivity index (χ0v) is 19.6. The number of Topliss-reactive ketones (excluding diaryl/α,β-unsaturated/α-hetero) is 1. The highest BCUT2D eigenvalue weighted by Crippen LogP contribution is 2.46. The van der Waals surface area contributed by atoms with E-state index in [4.69, 9.17) is 18.6 Å². The van der Waals surface area contributed by atoms with Crippen molar-refractivity contribution in [3.63, 3.8) is 0 Å². The summed E-state index contributed by atoms with van der Waals surface area (Å²) in [6.07, 6.45) is 7.25. The van der Waals surface area contributed by atoms with Gasteiger partial charge in [0.25, 0.3) is 5.78 Å². The summed E-state index contributed by atoms with van der Waals surface area (Å²) in [4.78, 5) is 25.1. The molecule has 7 heteroatoms. The van der Waals surface area contributed by atoms with Crippen LogP contribution in [0.3, 0.4) is 0 Å². The highest BCUT2D eigenvalue weighted by atomic mass is 16.5. The number of allylic oxidation sites excluding steroid dienone is 6. The summed E-state index contributed by atoms with van der Waals surface area (Å²) in [6.45, 7) is 2.37. The van der Waals surface area contributed by atoms with Crippen molar-refractivity contribution in [2.45, 2.75) is 25.8 Å². The van der Waals surface area contributed by atoms with Crippen molar-refractivity contribution in [1.82, 2.24) is 5.32 Å². The lowest BCUT2D eigenvalue weighted by Crippen LogP contribution is -2.24. The van der Waals surface area contributed by atoms with Crippen molar-refractivity contribution in [2.75, 3.05) is 21.3 Å². The molecule has 34 heavy (non-hydrogen) atoms. The molecular formula is C27H27NO6. The molecule has 1 aromatic carbocycles. The SMILES string of the molecule is COC1=CC(=CC2=C(C)C(CC(=O)NCc3ccco3)c3cc(OC)ccc32)C=C(OC)C1=O. The lowest BCUT2D eigenvalue weighted by Gasteiger charge is -2.15. The van der Waals surface area contributed by atoms with E-state index in [2.05, 4.69) is 5.32 Å². The number of hydrogen-bond acceptors (Lipinski definition) is 6. The summed E-state index contributed by atoms with van der Waals surface area (Å²) < 4.78 is 21.2. The Hall–Kier alpha value is -4.00. The van der Waals surface area contributed by atoms with Crippen molar-refractivity contribution in [3.05, 3.63) is 94.4 Å². The topological polar surface area (TPSA) is 87.0 Å². The fourth-order valence-electron chi connectivity index (χ4n) is 4.30. The molecule has 1 heterocycles. The van der Waals surface area contributed by atoms with Crippen LogP contribution in [0.15, 0.2) is 81.9 Å². The predicted octanol–water partition coefficient (Wildman–Crippen LogP) is 4.44. The average Bonchev–Trinajstić information content (AvgIpc) is 3.46. The zero-order valence-electron chi connectivity index (χ0n) is 19.6. The molecule has 2 aliphatic carbocycles. The zero-order chi connectivity index (χ0) is 24.2. The van der Waals surface area contributed by atoms with Gasteiger partial charge in [-0.1, -0.05) is 11.6 Å². The first-order valence-electron chi connectivity index (χ1n) is 10.9. The molecule has 0 spiro atoms. The van der Waals surface area contributed by atoms with Crippen molar-refractivity contribution >= 4 is 17.3 Å². The standard InChI is InChI=1S/C27H27NO6/c1-16-21(10-17-11-24(32-3)27(30)25(12-17)33-4)20-8-7-18(31-2)13-23(20)22(16)14-26(29)28-15-19-6-5-9-34-19/h5-13,22H,14-15H2,1-4H3,(H,28,29). The predicted molar refractivity (Wildman–Crippen MR) is 127 cm³/mol. The van der Waals surface area contributed by atoms with Crippen LogP contribution in [0.25, 0.3) is 5.57 Å². The molecule has 1 N–H and O–H groups in total. The smallest absolute Gasteiger partial charge is 0.261 e. The van der Waals surface area contributed by atoms with Crippen molar-refractivity contribution in [3.8, 4) is 5.75 Å². The van der Waals surface area contributed by atoms with Crippen LogP contribution < -0.4 is 10.1 Å². The molecule has 0 radical (unpaired) electrons. The number of methoxy groups -OCH3 is 3. The minimum atomic E-state index is -0.296. The fraction of sp³-hybridized carbons (Fsp3) is 0.259. The first-order valence-corrected chi connectivity index (χ1v) is 10.9. The molecule has 176 valence electrons. The third-order valence-electron chi connectivity index (χ3n) is 6.10. The summed E-state index contributed by atoms with van der Waals surface area (Å²) in [5, 5.41) is 2.93. The molecule has 1 aromatic heterocycles. The first-order chi connectivity index (χ1) is 16.4. The second-order valence-corrected chi connectivity index (χ2v) is 8.06.